The molecule has 0 aliphatic carbocycles. The molecular weight excluding hydrogens is 304 g/mol. The van der Waals surface area contributed by atoms with Crippen molar-refractivity contribution < 1.29 is 9.53 Å². The van der Waals surface area contributed by atoms with Crippen molar-refractivity contribution in [2.75, 3.05) is 39.3 Å². The summed E-state index contributed by atoms with van der Waals surface area (Å²) in [7, 11) is 0. The van der Waals surface area contributed by atoms with Crippen molar-refractivity contribution >= 4 is 5.91 Å². The number of likely N-dealkylation sites (tertiary alicyclic amines) is 2. The molecule has 1 aromatic rings. The van der Waals surface area contributed by atoms with Gasteiger partial charge in [-0.05, 0) is 52.1 Å². The lowest BCUT2D eigenvalue weighted by Crippen LogP contribution is -2.41. The van der Waals surface area contributed by atoms with Crippen molar-refractivity contribution in [1.82, 2.24) is 19.8 Å². The Bertz CT molecular complexity index is 570. The van der Waals surface area contributed by atoms with Crippen LogP contribution in [0.1, 0.15) is 36.9 Å². The van der Waals surface area contributed by atoms with Gasteiger partial charge in [-0.25, -0.2) is 9.97 Å². The van der Waals surface area contributed by atoms with E-state index in [2.05, 4.69) is 14.9 Å². The predicted molar refractivity (Wildman–Crippen MR) is 92.0 cm³/mol. The molecule has 6 heteroatoms. The Hall–Kier alpha value is -1.69. The van der Waals surface area contributed by atoms with E-state index in [1.54, 1.807) is 6.33 Å². The number of hydrogen-bond acceptors (Lipinski definition) is 5. The van der Waals surface area contributed by atoms with E-state index in [1.165, 1.54) is 0 Å². The zero-order chi connectivity index (χ0) is 16.9. The monoisotopic (exact) mass is 332 g/mol. The van der Waals surface area contributed by atoms with Crippen molar-refractivity contribution in [1.29, 1.82) is 0 Å². The molecule has 1 aromatic heterocycles. The topological polar surface area (TPSA) is 58.6 Å². The lowest BCUT2D eigenvalue weighted by molar-refractivity contribution is -0.127. The molecule has 6 nitrogen and oxygen atoms in total. The molecule has 0 atom stereocenters. The van der Waals surface area contributed by atoms with Crippen LogP contribution in [-0.2, 0) is 4.79 Å². The molecule has 0 spiro atoms. The van der Waals surface area contributed by atoms with Crippen LogP contribution in [0.2, 0.25) is 0 Å². The van der Waals surface area contributed by atoms with Gasteiger partial charge in [0.15, 0.2) is 0 Å². The molecule has 2 fully saturated rings. The largest absolute Gasteiger partial charge is 0.477 e. The van der Waals surface area contributed by atoms with Crippen molar-refractivity contribution in [3.8, 4) is 5.88 Å². The summed E-state index contributed by atoms with van der Waals surface area (Å²) in [5.74, 6) is 1.63. The summed E-state index contributed by atoms with van der Waals surface area (Å²) in [6.07, 6.45) is 5.63. The van der Waals surface area contributed by atoms with Gasteiger partial charge in [0, 0.05) is 37.3 Å². The molecule has 2 saturated heterocycles. The first-order valence-corrected chi connectivity index (χ1v) is 9.04. The highest BCUT2D eigenvalue weighted by atomic mass is 16.5. The van der Waals surface area contributed by atoms with E-state index in [1.807, 2.05) is 18.7 Å². The molecule has 0 aromatic carbocycles. The molecule has 3 rings (SSSR count). The van der Waals surface area contributed by atoms with Gasteiger partial charge in [0.1, 0.15) is 6.33 Å². The number of carbonyl (C=O) groups excluding carboxylic acids is 1. The van der Waals surface area contributed by atoms with Crippen LogP contribution < -0.4 is 4.74 Å². The number of carbonyl (C=O) groups is 1. The quantitative estimate of drug-likeness (QED) is 0.795. The van der Waals surface area contributed by atoms with Gasteiger partial charge in [-0.2, -0.15) is 0 Å². The molecule has 2 aliphatic heterocycles. The minimum Gasteiger partial charge on any atom is -0.477 e. The number of ether oxygens (including phenoxy) is 1. The maximum atomic E-state index is 11.7. The van der Waals surface area contributed by atoms with Crippen LogP contribution in [0.3, 0.4) is 0 Å². The molecule has 132 valence electrons. The van der Waals surface area contributed by atoms with Crippen molar-refractivity contribution in [2.45, 2.75) is 39.5 Å². The second-order valence-electron chi connectivity index (χ2n) is 6.97. The Morgan fingerprint density at radius 2 is 1.96 bits per heavy atom. The minimum atomic E-state index is 0.328. The average Bonchev–Trinajstić information content (AvgIpc) is 3.00. The fourth-order valence-electron chi connectivity index (χ4n) is 3.44. The van der Waals surface area contributed by atoms with Crippen molar-refractivity contribution in [3.05, 3.63) is 17.6 Å². The summed E-state index contributed by atoms with van der Waals surface area (Å²) in [5.41, 5.74) is 2.01. The molecule has 0 unspecified atom stereocenters. The van der Waals surface area contributed by atoms with Gasteiger partial charge >= 0.3 is 0 Å². The minimum absolute atomic E-state index is 0.328. The van der Waals surface area contributed by atoms with E-state index in [4.69, 9.17) is 4.74 Å². The molecular formula is C18H28N4O2. The first-order valence-electron chi connectivity index (χ1n) is 9.04. The first kappa shape index (κ1) is 17.1. The zero-order valence-corrected chi connectivity index (χ0v) is 14.8. The van der Waals surface area contributed by atoms with Crippen LogP contribution in [0.15, 0.2) is 6.33 Å². The highest BCUT2D eigenvalue weighted by Gasteiger charge is 2.23. The van der Waals surface area contributed by atoms with Gasteiger partial charge in [0.05, 0.1) is 6.61 Å². The van der Waals surface area contributed by atoms with E-state index < -0.39 is 0 Å². The molecule has 0 radical (unpaired) electrons. The molecule has 0 N–H and O–H groups in total. The number of nitrogens with zero attached hydrogens (tertiary/aromatic N) is 4. The fraction of sp³-hybridized carbons (Fsp3) is 0.722. The van der Waals surface area contributed by atoms with Crippen LogP contribution >= 0.6 is 0 Å². The molecule has 1 amide bonds. The van der Waals surface area contributed by atoms with E-state index in [0.717, 1.165) is 82.2 Å². The van der Waals surface area contributed by atoms with Gasteiger partial charge < -0.3 is 14.5 Å². The van der Waals surface area contributed by atoms with Crippen LogP contribution in [0.5, 0.6) is 5.88 Å². The summed E-state index contributed by atoms with van der Waals surface area (Å²) >= 11 is 0. The number of amides is 1. The fourth-order valence-corrected chi connectivity index (χ4v) is 3.44. The van der Waals surface area contributed by atoms with Gasteiger partial charge in [-0.3, -0.25) is 4.79 Å². The van der Waals surface area contributed by atoms with Gasteiger partial charge in [-0.1, -0.05) is 0 Å². The van der Waals surface area contributed by atoms with Crippen molar-refractivity contribution in [3.63, 3.8) is 0 Å². The summed E-state index contributed by atoms with van der Waals surface area (Å²) in [6.45, 7) is 9.75. The smallest absolute Gasteiger partial charge is 0.222 e. The lowest BCUT2D eigenvalue weighted by atomic mass is 9.98. The Balaban J connectivity index is 1.37. The third-order valence-corrected chi connectivity index (χ3v) is 5.31. The number of aryl methyl sites for hydroxylation is 1. The first-order chi connectivity index (χ1) is 11.6. The van der Waals surface area contributed by atoms with Crippen LogP contribution in [0.4, 0.5) is 0 Å². The third kappa shape index (κ3) is 4.23. The number of piperidine rings is 1. The lowest BCUT2D eigenvalue weighted by Gasteiger charge is -2.32. The summed E-state index contributed by atoms with van der Waals surface area (Å²) < 4.78 is 5.93. The summed E-state index contributed by atoms with van der Waals surface area (Å²) in [6, 6.07) is 0. The highest BCUT2D eigenvalue weighted by Crippen LogP contribution is 2.21. The Labute approximate surface area is 144 Å². The highest BCUT2D eigenvalue weighted by molar-refractivity contribution is 5.78. The second kappa shape index (κ2) is 7.92. The van der Waals surface area contributed by atoms with E-state index in [0.29, 0.717) is 11.8 Å². The molecule has 2 aliphatic rings. The van der Waals surface area contributed by atoms with E-state index >= 15 is 0 Å². The Kier molecular flexibility index (Phi) is 5.66. The number of rotatable bonds is 6. The normalized spacial score (nSPS) is 19.9. The second-order valence-corrected chi connectivity index (χ2v) is 6.97. The van der Waals surface area contributed by atoms with Crippen LogP contribution in [-0.4, -0.2) is 65.0 Å². The summed E-state index contributed by atoms with van der Waals surface area (Å²) in [5, 5.41) is 0. The zero-order valence-electron chi connectivity index (χ0n) is 14.8. The van der Waals surface area contributed by atoms with Gasteiger partial charge in [0.2, 0.25) is 11.8 Å². The van der Waals surface area contributed by atoms with Gasteiger partial charge in [0.25, 0.3) is 0 Å². The van der Waals surface area contributed by atoms with Crippen LogP contribution in [0.25, 0.3) is 0 Å². The van der Waals surface area contributed by atoms with E-state index in [-0.39, 0.29) is 0 Å². The van der Waals surface area contributed by atoms with E-state index in [9.17, 15) is 4.79 Å². The number of aromatic nitrogens is 2. The Morgan fingerprint density at radius 1 is 1.17 bits per heavy atom. The number of hydrogen-bond donors (Lipinski definition) is 0. The third-order valence-electron chi connectivity index (χ3n) is 5.31. The molecule has 24 heavy (non-hydrogen) atoms. The van der Waals surface area contributed by atoms with Gasteiger partial charge in [-0.15, -0.1) is 0 Å². The molecule has 0 saturated carbocycles. The predicted octanol–water partition coefficient (Wildman–Crippen LogP) is 1.81. The Morgan fingerprint density at radius 3 is 2.67 bits per heavy atom. The molecule has 0 bridgehead atoms. The summed E-state index contributed by atoms with van der Waals surface area (Å²) in [4.78, 5) is 24.5. The standard InChI is InChI=1S/C18H28N4O2/c1-14-15(2)19-13-20-18(14)24-12-16-5-8-21(9-6-16)10-11-22-7-3-4-17(22)23/h13,16H,3-12H2,1-2H3. The maximum absolute atomic E-state index is 11.7. The average molecular weight is 332 g/mol. The van der Waals surface area contributed by atoms with Crippen LogP contribution in [0, 0.1) is 19.8 Å². The maximum Gasteiger partial charge on any atom is 0.222 e. The van der Waals surface area contributed by atoms with Crippen molar-refractivity contribution in [2.24, 2.45) is 5.92 Å². The molecule has 3 heterocycles. The SMILES string of the molecule is Cc1ncnc(OCC2CCN(CCN3CCCC3=O)CC2)c1C.